The number of aromatic nitrogens is 3. The van der Waals surface area contributed by atoms with Crippen molar-refractivity contribution in [2.24, 2.45) is 0 Å². The SMILES string of the molecule is CN(Cc1ccc2nsnc2c1)C(=O)C1CC(c2ccncc2)NN1. The van der Waals surface area contributed by atoms with Gasteiger partial charge in [0.25, 0.3) is 0 Å². The number of rotatable bonds is 4. The monoisotopic (exact) mass is 354 g/mol. The number of benzene rings is 1. The third kappa shape index (κ3) is 3.37. The fraction of sp³-hybridized carbons (Fsp3) is 0.294. The van der Waals surface area contributed by atoms with Gasteiger partial charge in [-0.15, -0.1) is 0 Å². The number of carbonyl (C=O) groups is 1. The number of hydrogen-bond acceptors (Lipinski definition) is 7. The highest BCUT2D eigenvalue weighted by Crippen LogP contribution is 2.23. The van der Waals surface area contributed by atoms with Gasteiger partial charge in [-0.2, -0.15) is 8.75 Å². The summed E-state index contributed by atoms with van der Waals surface area (Å²) in [5.74, 6) is 0.0700. The van der Waals surface area contributed by atoms with Crippen molar-refractivity contribution in [2.45, 2.75) is 25.0 Å². The Morgan fingerprint density at radius 2 is 2.00 bits per heavy atom. The van der Waals surface area contributed by atoms with E-state index in [-0.39, 0.29) is 18.0 Å². The van der Waals surface area contributed by atoms with Crippen LogP contribution in [0.2, 0.25) is 0 Å². The molecule has 25 heavy (non-hydrogen) atoms. The van der Waals surface area contributed by atoms with Crippen molar-refractivity contribution in [2.75, 3.05) is 7.05 Å². The maximum Gasteiger partial charge on any atom is 0.241 e. The van der Waals surface area contributed by atoms with Crippen LogP contribution in [0.1, 0.15) is 23.6 Å². The molecule has 128 valence electrons. The summed E-state index contributed by atoms with van der Waals surface area (Å²) < 4.78 is 8.45. The van der Waals surface area contributed by atoms with Crippen molar-refractivity contribution in [3.8, 4) is 0 Å². The van der Waals surface area contributed by atoms with Gasteiger partial charge in [0.1, 0.15) is 17.1 Å². The number of hydrogen-bond donors (Lipinski definition) is 2. The Bertz CT molecular complexity index is 883. The van der Waals surface area contributed by atoms with Gasteiger partial charge in [-0.3, -0.25) is 9.78 Å². The Morgan fingerprint density at radius 3 is 2.84 bits per heavy atom. The molecule has 3 aromatic rings. The standard InChI is InChI=1S/C17H18N6OS/c1-23(10-11-2-3-13-15(8-11)22-25-21-13)17(24)16-9-14(19-20-16)12-4-6-18-7-5-12/h2-8,14,16,19-20H,9-10H2,1H3. The molecular weight excluding hydrogens is 336 g/mol. The van der Waals surface area contributed by atoms with E-state index in [9.17, 15) is 4.79 Å². The van der Waals surface area contributed by atoms with Crippen molar-refractivity contribution >= 4 is 28.7 Å². The van der Waals surface area contributed by atoms with Gasteiger partial charge in [0, 0.05) is 32.0 Å². The molecule has 1 saturated heterocycles. The van der Waals surface area contributed by atoms with E-state index in [0.29, 0.717) is 13.0 Å². The molecule has 8 heteroatoms. The number of likely N-dealkylation sites (N-methyl/N-ethyl adjacent to an activating group) is 1. The predicted octanol–water partition coefficient (Wildman–Crippen LogP) is 1.65. The van der Waals surface area contributed by atoms with Crippen LogP contribution in [0, 0.1) is 0 Å². The smallest absolute Gasteiger partial charge is 0.241 e. The number of hydrazine groups is 1. The first-order valence-corrected chi connectivity index (χ1v) is 8.81. The van der Waals surface area contributed by atoms with Gasteiger partial charge in [0.05, 0.1) is 11.7 Å². The van der Waals surface area contributed by atoms with E-state index >= 15 is 0 Å². The number of pyridine rings is 1. The summed E-state index contributed by atoms with van der Waals surface area (Å²) in [6.45, 7) is 0.546. The molecule has 1 aromatic carbocycles. The molecule has 0 aliphatic carbocycles. The van der Waals surface area contributed by atoms with Crippen molar-refractivity contribution < 1.29 is 4.79 Å². The summed E-state index contributed by atoms with van der Waals surface area (Å²) in [7, 11) is 1.83. The minimum Gasteiger partial charge on any atom is -0.340 e. The van der Waals surface area contributed by atoms with Crippen molar-refractivity contribution in [1.29, 1.82) is 0 Å². The Kier molecular flexibility index (Phi) is 4.39. The van der Waals surface area contributed by atoms with Gasteiger partial charge in [-0.25, -0.2) is 10.9 Å². The highest BCUT2D eigenvalue weighted by molar-refractivity contribution is 7.00. The third-order valence-electron chi connectivity index (χ3n) is 4.42. The van der Waals surface area contributed by atoms with Crippen molar-refractivity contribution in [1.82, 2.24) is 29.5 Å². The number of carbonyl (C=O) groups excluding carboxylic acids is 1. The van der Waals surface area contributed by atoms with Gasteiger partial charge in [-0.1, -0.05) is 6.07 Å². The maximum atomic E-state index is 12.7. The second-order valence-electron chi connectivity index (χ2n) is 6.19. The van der Waals surface area contributed by atoms with E-state index in [2.05, 4.69) is 24.6 Å². The summed E-state index contributed by atoms with van der Waals surface area (Å²) >= 11 is 1.20. The maximum absolute atomic E-state index is 12.7. The van der Waals surface area contributed by atoms with Crippen LogP contribution in [0.25, 0.3) is 11.0 Å². The molecule has 0 saturated carbocycles. The molecule has 2 N–H and O–H groups in total. The zero-order chi connectivity index (χ0) is 17.2. The Balaban J connectivity index is 1.40. The van der Waals surface area contributed by atoms with Crippen LogP contribution >= 0.6 is 11.7 Å². The fourth-order valence-corrected chi connectivity index (χ4v) is 3.59. The molecular formula is C17H18N6OS. The summed E-state index contributed by atoms with van der Waals surface area (Å²) in [5.41, 5.74) is 10.3. The quantitative estimate of drug-likeness (QED) is 0.741. The van der Waals surface area contributed by atoms with Crippen LogP contribution in [0.15, 0.2) is 42.7 Å². The van der Waals surface area contributed by atoms with E-state index < -0.39 is 0 Å². The number of nitrogens with zero attached hydrogens (tertiary/aromatic N) is 4. The molecule has 1 aliphatic heterocycles. The molecule has 2 aromatic heterocycles. The van der Waals surface area contributed by atoms with Gasteiger partial charge >= 0.3 is 0 Å². The fourth-order valence-electron chi connectivity index (χ4n) is 3.08. The van der Waals surface area contributed by atoms with Crippen LogP contribution in [0.4, 0.5) is 0 Å². The van der Waals surface area contributed by atoms with Crippen LogP contribution in [-0.4, -0.2) is 37.6 Å². The zero-order valence-corrected chi connectivity index (χ0v) is 14.5. The van der Waals surface area contributed by atoms with Crippen molar-refractivity contribution in [3.63, 3.8) is 0 Å². The molecule has 1 aliphatic rings. The van der Waals surface area contributed by atoms with E-state index in [1.54, 1.807) is 17.3 Å². The lowest BCUT2D eigenvalue weighted by Gasteiger charge is -2.21. The van der Waals surface area contributed by atoms with E-state index in [1.165, 1.54) is 11.7 Å². The van der Waals surface area contributed by atoms with E-state index in [0.717, 1.165) is 22.2 Å². The molecule has 0 radical (unpaired) electrons. The Labute approximate surface area is 149 Å². The number of fused-ring (bicyclic) bond motifs is 1. The topological polar surface area (TPSA) is 83.0 Å². The first-order valence-electron chi connectivity index (χ1n) is 8.08. The van der Waals surface area contributed by atoms with Crippen molar-refractivity contribution in [3.05, 3.63) is 53.9 Å². The average Bonchev–Trinajstić information content (AvgIpc) is 3.31. The average molecular weight is 354 g/mol. The molecule has 0 spiro atoms. The lowest BCUT2D eigenvalue weighted by Crippen LogP contribution is -2.43. The largest absolute Gasteiger partial charge is 0.340 e. The van der Waals surface area contributed by atoms with Crippen LogP contribution in [0.3, 0.4) is 0 Å². The van der Waals surface area contributed by atoms with Gasteiger partial charge < -0.3 is 4.90 Å². The first-order chi connectivity index (χ1) is 12.2. The number of amides is 1. The molecule has 1 amide bonds. The summed E-state index contributed by atoms with van der Waals surface area (Å²) in [5, 5.41) is 0. The lowest BCUT2D eigenvalue weighted by molar-refractivity contribution is -0.132. The van der Waals surface area contributed by atoms with E-state index in [4.69, 9.17) is 0 Å². The molecule has 4 rings (SSSR count). The molecule has 2 unspecified atom stereocenters. The highest BCUT2D eigenvalue weighted by Gasteiger charge is 2.31. The zero-order valence-electron chi connectivity index (χ0n) is 13.7. The first kappa shape index (κ1) is 16.1. The summed E-state index contributed by atoms with van der Waals surface area (Å²) in [4.78, 5) is 18.5. The summed E-state index contributed by atoms with van der Waals surface area (Å²) in [6.07, 6.45) is 4.24. The Hall–Kier alpha value is -2.42. The Morgan fingerprint density at radius 1 is 1.20 bits per heavy atom. The molecule has 2 atom stereocenters. The molecule has 1 fully saturated rings. The molecule has 7 nitrogen and oxygen atoms in total. The summed E-state index contributed by atoms with van der Waals surface area (Å²) in [6, 6.07) is 9.73. The molecule has 0 bridgehead atoms. The predicted molar refractivity (Wildman–Crippen MR) is 95.5 cm³/mol. The third-order valence-corrected chi connectivity index (χ3v) is 4.98. The van der Waals surface area contributed by atoms with Crippen LogP contribution in [0.5, 0.6) is 0 Å². The second kappa shape index (κ2) is 6.83. The molecule has 3 heterocycles. The minimum absolute atomic E-state index is 0.0700. The minimum atomic E-state index is -0.243. The van der Waals surface area contributed by atoms with Gasteiger partial charge in [0.15, 0.2) is 0 Å². The number of nitrogens with one attached hydrogen (secondary N) is 2. The van der Waals surface area contributed by atoms with E-state index in [1.807, 2.05) is 37.4 Å². The van der Waals surface area contributed by atoms with Crippen LogP contribution in [-0.2, 0) is 11.3 Å². The highest BCUT2D eigenvalue weighted by atomic mass is 32.1. The van der Waals surface area contributed by atoms with Gasteiger partial charge in [0.2, 0.25) is 5.91 Å². The van der Waals surface area contributed by atoms with Crippen LogP contribution < -0.4 is 10.9 Å². The lowest BCUT2D eigenvalue weighted by atomic mass is 10.0. The second-order valence-corrected chi connectivity index (χ2v) is 6.72. The normalized spacial score (nSPS) is 20.0. The van der Waals surface area contributed by atoms with Gasteiger partial charge in [-0.05, 0) is 41.8 Å².